The fraction of sp³-hybridized carbons (Fsp3) is 0.316. The van der Waals surface area contributed by atoms with Crippen LogP contribution < -0.4 is 5.32 Å². The number of aromatic nitrogens is 3. The SMILES string of the molecule is Cc1c(C(=O)N2CCNCC2c2nccn2C)cnc2ccccc12.Cl.Cl. The summed E-state index contributed by atoms with van der Waals surface area (Å²) in [6, 6.07) is 7.85. The summed E-state index contributed by atoms with van der Waals surface area (Å²) in [4.78, 5) is 24.1. The predicted octanol–water partition coefficient (Wildman–Crippen LogP) is 2.91. The molecule has 1 N–H and O–H groups in total. The van der Waals surface area contributed by atoms with Crippen LogP contribution in [0.3, 0.4) is 0 Å². The lowest BCUT2D eigenvalue weighted by molar-refractivity contribution is 0.0620. The topological polar surface area (TPSA) is 63.1 Å². The van der Waals surface area contributed by atoms with Gasteiger partial charge < -0.3 is 14.8 Å². The number of carbonyl (C=O) groups is 1. The van der Waals surface area contributed by atoms with Gasteiger partial charge in [-0.1, -0.05) is 18.2 Å². The monoisotopic (exact) mass is 407 g/mol. The zero-order valence-corrected chi connectivity index (χ0v) is 16.9. The number of rotatable bonds is 2. The molecule has 1 aliphatic rings. The third-order valence-electron chi connectivity index (χ3n) is 4.94. The summed E-state index contributed by atoms with van der Waals surface area (Å²) in [5.41, 5.74) is 2.56. The van der Waals surface area contributed by atoms with E-state index in [2.05, 4.69) is 15.3 Å². The number of nitrogens with one attached hydrogen (secondary N) is 1. The zero-order valence-electron chi connectivity index (χ0n) is 15.3. The first-order chi connectivity index (χ1) is 12.2. The molecule has 27 heavy (non-hydrogen) atoms. The van der Waals surface area contributed by atoms with E-state index in [9.17, 15) is 4.79 Å². The lowest BCUT2D eigenvalue weighted by Gasteiger charge is -2.36. The Morgan fingerprint density at radius 2 is 2.00 bits per heavy atom. The van der Waals surface area contributed by atoms with Crippen LogP contribution in [0.4, 0.5) is 0 Å². The van der Waals surface area contributed by atoms with Crippen molar-refractivity contribution in [3.05, 3.63) is 59.8 Å². The van der Waals surface area contributed by atoms with Crippen LogP contribution in [0.25, 0.3) is 10.9 Å². The molecule has 1 saturated heterocycles. The van der Waals surface area contributed by atoms with E-state index in [1.807, 2.05) is 53.9 Å². The lowest BCUT2D eigenvalue weighted by Crippen LogP contribution is -2.49. The first-order valence-electron chi connectivity index (χ1n) is 8.50. The number of hydrogen-bond acceptors (Lipinski definition) is 4. The summed E-state index contributed by atoms with van der Waals surface area (Å²) in [7, 11) is 1.96. The number of nitrogens with zero attached hydrogens (tertiary/aromatic N) is 4. The molecular weight excluding hydrogens is 385 g/mol. The largest absolute Gasteiger partial charge is 0.336 e. The van der Waals surface area contributed by atoms with Gasteiger partial charge in [0.25, 0.3) is 5.91 Å². The molecule has 0 saturated carbocycles. The highest BCUT2D eigenvalue weighted by atomic mass is 35.5. The number of carbonyl (C=O) groups excluding carboxylic acids is 1. The Labute approximate surface area is 170 Å². The molecule has 4 rings (SSSR count). The second-order valence-electron chi connectivity index (χ2n) is 6.43. The van der Waals surface area contributed by atoms with E-state index in [-0.39, 0.29) is 36.8 Å². The predicted molar refractivity (Wildman–Crippen MR) is 111 cm³/mol. The van der Waals surface area contributed by atoms with Crippen molar-refractivity contribution in [3.8, 4) is 0 Å². The maximum Gasteiger partial charge on any atom is 0.256 e. The van der Waals surface area contributed by atoms with Crippen LogP contribution in [-0.2, 0) is 7.05 Å². The number of para-hydroxylation sites is 1. The summed E-state index contributed by atoms with van der Waals surface area (Å²) in [5.74, 6) is 0.914. The quantitative estimate of drug-likeness (QED) is 0.709. The molecule has 0 bridgehead atoms. The maximum absolute atomic E-state index is 13.3. The molecular formula is C19H23Cl2N5O. The van der Waals surface area contributed by atoms with Crippen LogP contribution >= 0.6 is 24.8 Å². The maximum atomic E-state index is 13.3. The van der Waals surface area contributed by atoms with Crippen molar-refractivity contribution < 1.29 is 4.79 Å². The van der Waals surface area contributed by atoms with Gasteiger partial charge in [-0.15, -0.1) is 24.8 Å². The molecule has 0 spiro atoms. The third-order valence-corrected chi connectivity index (χ3v) is 4.94. The van der Waals surface area contributed by atoms with E-state index in [4.69, 9.17) is 0 Å². The first-order valence-corrected chi connectivity index (χ1v) is 8.50. The van der Waals surface area contributed by atoms with Crippen LogP contribution in [0.5, 0.6) is 0 Å². The highest BCUT2D eigenvalue weighted by Gasteiger charge is 2.32. The molecule has 144 valence electrons. The molecule has 3 heterocycles. The smallest absolute Gasteiger partial charge is 0.256 e. The fourth-order valence-electron chi connectivity index (χ4n) is 3.53. The third kappa shape index (κ3) is 3.78. The van der Waals surface area contributed by atoms with Gasteiger partial charge in [-0.3, -0.25) is 9.78 Å². The number of amides is 1. The molecule has 0 radical (unpaired) electrons. The number of pyridine rings is 1. The van der Waals surface area contributed by atoms with Crippen molar-refractivity contribution in [2.45, 2.75) is 13.0 Å². The number of benzene rings is 1. The van der Waals surface area contributed by atoms with Gasteiger partial charge in [-0.05, 0) is 18.6 Å². The van der Waals surface area contributed by atoms with Crippen molar-refractivity contribution in [1.29, 1.82) is 0 Å². The van der Waals surface area contributed by atoms with Crippen molar-refractivity contribution in [3.63, 3.8) is 0 Å². The summed E-state index contributed by atoms with van der Waals surface area (Å²) in [6.45, 7) is 4.14. The molecule has 1 unspecified atom stereocenters. The number of imidazole rings is 1. The molecule has 2 aromatic heterocycles. The summed E-state index contributed by atoms with van der Waals surface area (Å²) < 4.78 is 1.98. The zero-order chi connectivity index (χ0) is 17.4. The summed E-state index contributed by atoms with van der Waals surface area (Å²) >= 11 is 0. The number of aryl methyl sites for hydroxylation is 2. The van der Waals surface area contributed by atoms with Gasteiger partial charge in [-0.25, -0.2) is 4.98 Å². The minimum Gasteiger partial charge on any atom is -0.336 e. The number of fused-ring (bicyclic) bond motifs is 1. The van der Waals surface area contributed by atoms with Gasteiger partial charge in [-0.2, -0.15) is 0 Å². The average Bonchev–Trinajstić information content (AvgIpc) is 3.07. The van der Waals surface area contributed by atoms with Crippen LogP contribution in [-0.4, -0.2) is 45.0 Å². The van der Waals surface area contributed by atoms with E-state index < -0.39 is 0 Å². The van der Waals surface area contributed by atoms with Crippen molar-refractivity contribution in [1.82, 2.24) is 24.8 Å². The van der Waals surface area contributed by atoms with Crippen LogP contribution in [0.1, 0.15) is 27.8 Å². The van der Waals surface area contributed by atoms with E-state index in [0.717, 1.165) is 28.8 Å². The van der Waals surface area contributed by atoms with E-state index in [0.29, 0.717) is 18.7 Å². The Balaban J connectivity index is 0.00000131. The normalized spacial score (nSPS) is 16.5. The van der Waals surface area contributed by atoms with Crippen molar-refractivity contribution >= 4 is 41.6 Å². The fourth-order valence-corrected chi connectivity index (χ4v) is 3.53. The van der Waals surface area contributed by atoms with Crippen LogP contribution in [0.2, 0.25) is 0 Å². The minimum absolute atomic E-state index is 0. The van der Waals surface area contributed by atoms with Gasteiger partial charge in [0.1, 0.15) is 11.9 Å². The highest BCUT2D eigenvalue weighted by molar-refractivity contribution is 6.00. The van der Waals surface area contributed by atoms with Gasteiger partial charge in [0, 0.05) is 50.7 Å². The Hall–Kier alpha value is -2.15. The summed E-state index contributed by atoms with van der Waals surface area (Å²) in [6.07, 6.45) is 5.39. The minimum atomic E-state index is -0.0767. The molecule has 1 aliphatic heterocycles. The summed E-state index contributed by atoms with van der Waals surface area (Å²) in [5, 5.41) is 4.39. The standard InChI is InChI=1S/C19H21N5O.2ClH/c1-13-14-5-3-4-6-16(14)22-11-15(13)19(25)24-10-7-20-12-17(24)18-21-8-9-23(18)2;;/h3-6,8-9,11,17,20H,7,10,12H2,1-2H3;2*1H. The molecule has 6 nitrogen and oxygen atoms in total. The average molecular weight is 408 g/mol. The van der Waals surface area contributed by atoms with Crippen molar-refractivity contribution in [2.24, 2.45) is 7.05 Å². The van der Waals surface area contributed by atoms with Gasteiger partial charge in [0.05, 0.1) is 11.1 Å². The molecule has 8 heteroatoms. The molecule has 3 aromatic rings. The van der Waals surface area contributed by atoms with E-state index in [1.54, 1.807) is 12.4 Å². The van der Waals surface area contributed by atoms with E-state index >= 15 is 0 Å². The Kier molecular flexibility index (Phi) is 6.81. The van der Waals surface area contributed by atoms with Crippen LogP contribution in [0, 0.1) is 6.92 Å². The Morgan fingerprint density at radius 3 is 2.74 bits per heavy atom. The Bertz CT molecular complexity index is 943. The lowest BCUT2D eigenvalue weighted by atomic mass is 10.0. The Morgan fingerprint density at radius 1 is 1.22 bits per heavy atom. The second kappa shape index (κ2) is 8.69. The second-order valence-corrected chi connectivity index (χ2v) is 6.43. The van der Waals surface area contributed by atoms with Crippen LogP contribution in [0.15, 0.2) is 42.9 Å². The van der Waals surface area contributed by atoms with Crippen molar-refractivity contribution in [2.75, 3.05) is 19.6 Å². The van der Waals surface area contributed by atoms with Gasteiger partial charge in [0.2, 0.25) is 0 Å². The molecule has 1 atom stereocenters. The molecule has 1 fully saturated rings. The number of halogens is 2. The first kappa shape index (κ1) is 21.2. The highest BCUT2D eigenvalue weighted by Crippen LogP contribution is 2.26. The number of piperazine rings is 1. The van der Waals surface area contributed by atoms with E-state index in [1.165, 1.54) is 0 Å². The van der Waals surface area contributed by atoms with Gasteiger partial charge in [0.15, 0.2) is 0 Å². The molecule has 1 aromatic carbocycles. The van der Waals surface area contributed by atoms with Gasteiger partial charge >= 0.3 is 0 Å². The number of hydrogen-bond donors (Lipinski definition) is 1. The molecule has 1 amide bonds. The molecule has 0 aliphatic carbocycles.